The van der Waals surface area contributed by atoms with Crippen LogP contribution in [0.1, 0.15) is 47.8 Å². The highest BCUT2D eigenvalue weighted by molar-refractivity contribution is 6.34. The average molecular weight is 659 g/mol. The van der Waals surface area contributed by atoms with Crippen molar-refractivity contribution in [2.24, 2.45) is 0 Å². The molecular formula is C27H15ClF10NO5-. The van der Waals surface area contributed by atoms with Gasteiger partial charge in [0.1, 0.15) is 5.75 Å². The highest BCUT2D eigenvalue weighted by Gasteiger charge is 2.73. The molecule has 0 radical (unpaired) electrons. The van der Waals surface area contributed by atoms with Gasteiger partial charge in [0.25, 0.3) is 5.91 Å². The quantitative estimate of drug-likeness (QED) is 0.204. The molecule has 0 fully saturated rings. The Morgan fingerprint density at radius 2 is 1.55 bits per heavy atom. The minimum atomic E-state index is -6.58. The van der Waals surface area contributed by atoms with Gasteiger partial charge in [-0.05, 0) is 48.4 Å². The number of Topliss-reactive ketones (excluding diaryl/α,β-unsaturated/α-hetero) is 1. The maximum atomic E-state index is 15.3. The first-order valence-electron chi connectivity index (χ1n) is 11.7. The van der Waals surface area contributed by atoms with Crippen LogP contribution in [0.2, 0.25) is 5.02 Å². The van der Waals surface area contributed by atoms with Gasteiger partial charge in [0.2, 0.25) is 0 Å². The van der Waals surface area contributed by atoms with Crippen molar-refractivity contribution in [2.45, 2.75) is 38.0 Å². The largest absolute Gasteiger partial charge is 0.545 e. The van der Waals surface area contributed by atoms with Crippen molar-refractivity contribution in [2.75, 3.05) is 5.32 Å². The van der Waals surface area contributed by atoms with Gasteiger partial charge in [-0.1, -0.05) is 29.8 Å². The van der Waals surface area contributed by atoms with E-state index in [1.165, 1.54) is 0 Å². The van der Waals surface area contributed by atoms with Gasteiger partial charge in [0, 0.05) is 17.5 Å². The third-order valence-electron chi connectivity index (χ3n) is 6.16. The molecule has 6 nitrogen and oxygen atoms in total. The van der Waals surface area contributed by atoms with Gasteiger partial charge in [-0.15, -0.1) is 0 Å². The van der Waals surface area contributed by atoms with Crippen LogP contribution < -0.4 is 15.2 Å². The zero-order valence-corrected chi connectivity index (χ0v) is 22.4. The summed E-state index contributed by atoms with van der Waals surface area (Å²) < 4.78 is 140. The van der Waals surface area contributed by atoms with Crippen LogP contribution in [-0.2, 0) is 12.1 Å². The van der Waals surface area contributed by atoms with Crippen LogP contribution >= 0.6 is 11.6 Å². The van der Waals surface area contributed by atoms with Gasteiger partial charge in [-0.2, -0.15) is 35.1 Å². The van der Waals surface area contributed by atoms with Crippen LogP contribution in [0.5, 0.6) is 5.75 Å². The molecule has 0 aliphatic heterocycles. The van der Waals surface area contributed by atoms with Crippen molar-refractivity contribution >= 4 is 34.9 Å². The van der Waals surface area contributed by atoms with E-state index in [0.717, 1.165) is 43.3 Å². The van der Waals surface area contributed by atoms with Gasteiger partial charge in [-0.3, -0.25) is 9.59 Å². The molecule has 0 aromatic heterocycles. The van der Waals surface area contributed by atoms with Crippen LogP contribution in [0.25, 0.3) is 0 Å². The Bertz CT molecular complexity index is 1610. The summed E-state index contributed by atoms with van der Waals surface area (Å²) in [4.78, 5) is 36.5. The van der Waals surface area contributed by atoms with Crippen molar-refractivity contribution in [3.8, 4) is 5.75 Å². The standard InChI is InChI=1S/C27H16ClF10NO5/c1-11-7-13(25(32,26(33,34)35)27(36,37)38)9-20(44-24(30)31)16(11)10-19(40)15-3-2-4-18(21(15)29)39-22(41)14-6-5-12(23(42)43)8-17(14)28/h2-9,24H,10H2,1H3,(H,39,41)(H,42,43)/p-1. The second-order valence-corrected chi connectivity index (χ2v) is 9.41. The van der Waals surface area contributed by atoms with Gasteiger partial charge < -0.3 is 20.0 Å². The van der Waals surface area contributed by atoms with Crippen LogP contribution in [0.4, 0.5) is 49.6 Å². The van der Waals surface area contributed by atoms with Crippen molar-refractivity contribution in [3.05, 3.63) is 92.8 Å². The molecule has 0 saturated heterocycles. The normalized spacial score (nSPS) is 12.3. The predicted octanol–water partition coefficient (Wildman–Crippen LogP) is 6.72. The first-order valence-corrected chi connectivity index (χ1v) is 12.1. The predicted molar refractivity (Wildman–Crippen MR) is 131 cm³/mol. The van der Waals surface area contributed by atoms with Gasteiger partial charge in [0.15, 0.2) is 11.6 Å². The van der Waals surface area contributed by atoms with E-state index in [0.29, 0.717) is 0 Å². The summed E-state index contributed by atoms with van der Waals surface area (Å²) in [5.41, 5.74) is -11.7. The molecule has 3 rings (SSSR count). The number of rotatable bonds is 9. The van der Waals surface area contributed by atoms with Gasteiger partial charge in [0.05, 0.1) is 27.8 Å². The van der Waals surface area contributed by atoms with Crippen LogP contribution in [0.3, 0.4) is 0 Å². The SMILES string of the molecule is Cc1cc(C(F)(C(F)(F)F)C(F)(F)F)cc(OC(F)F)c1CC(=O)c1cccc(NC(=O)c2ccc(C(=O)[O-])cc2Cl)c1F. The number of benzene rings is 3. The fraction of sp³-hybridized carbons (Fsp3) is 0.222. The third-order valence-corrected chi connectivity index (χ3v) is 6.47. The van der Waals surface area contributed by atoms with E-state index in [1.54, 1.807) is 0 Å². The molecule has 0 heterocycles. The summed E-state index contributed by atoms with van der Waals surface area (Å²) in [6.45, 7) is -3.05. The summed E-state index contributed by atoms with van der Waals surface area (Å²) in [6.07, 6.45) is -14.3. The molecule has 1 N–H and O–H groups in total. The lowest BCUT2D eigenvalue weighted by Crippen LogP contribution is -2.50. The summed E-state index contributed by atoms with van der Waals surface area (Å²) in [5.74, 6) is -6.73. The molecule has 1 amide bonds. The number of carbonyl (C=O) groups is 3. The summed E-state index contributed by atoms with van der Waals surface area (Å²) in [7, 11) is 0. The van der Waals surface area contributed by atoms with Crippen molar-refractivity contribution in [1.29, 1.82) is 0 Å². The van der Waals surface area contributed by atoms with E-state index >= 15 is 4.39 Å². The first-order chi connectivity index (χ1) is 20.2. The number of halogens is 11. The molecule has 236 valence electrons. The maximum absolute atomic E-state index is 15.3. The molecule has 3 aromatic carbocycles. The van der Waals surface area contributed by atoms with E-state index in [2.05, 4.69) is 10.1 Å². The number of nitrogens with one attached hydrogen (secondary N) is 1. The average Bonchev–Trinajstić information content (AvgIpc) is 2.89. The maximum Gasteiger partial charge on any atom is 0.435 e. The fourth-order valence-electron chi connectivity index (χ4n) is 4.01. The number of hydrogen-bond donors (Lipinski definition) is 1. The molecule has 0 spiro atoms. The molecule has 44 heavy (non-hydrogen) atoms. The van der Waals surface area contributed by atoms with Crippen molar-refractivity contribution in [3.63, 3.8) is 0 Å². The second kappa shape index (κ2) is 12.3. The topological polar surface area (TPSA) is 95.5 Å². The third kappa shape index (κ3) is 6.74. The minimum absolute atomic E-state index is 0.0460. The molecule has 0 bridgehead atoms. The monoisotopic (exact) mass is 658 g/mol. The number of ketones is 1. The molecule has 0 unspecified atom stereocenters. The molecule has 17 heteroatoms. The number of aromatic carboxylic acids is 1. The number of hydrogen-bond acceptors (Lipinski definition) is 5. The molecule has 0 aliphatic carbocycles. The molecular weight excluding hydrogens is 644 g/mol. The lowest BCUT2D eigenvalue weighted by molar-refractivity contribution is -0.348. The fourth-order valence-corrected chi connectivity index (χ4v) is 4.28. The van der Waals surface area contributed by atoms with E-state index in [1.807, 2.05) is 0 Å². The van der Waals surface area contributed by atoms with E-state index in [9.17, 15) is 59.0 Å². The number of alkyl halides is 9. The van der Waals surface area contributed by atoms with Gasteiger partial charge in [-0.25, -0.2) is 8.78 Å². The zero-order valence-electron chi connectivity index (χ0n) is 21.6. The van der Waals surface area contributed by atoms with Gasteiger partial charge >= 0.3 is 24.6 Å². The Morgan fingerprint density at radius 1 is 0.932 bits per heavy atom. The van der Waals surface area contributed by atoms with Crippen molar-refractivity contribution in [1.82, 2.24) is 0 Å². The summed E-state index contributed by atoms with van der Waals surface area (Å²) in [6, 6.07) is 5.51. The number of anilines is 1. The number of carboxylic acids is 1. The number of ether oxygens (including phenoxy) is 1. The Balaban J connectivity index is 2.00. The molecule has 0 saturated carbocycles. The summed E-state index contributed by atoms with van der Waals surface area (Å²) >= 11 is 5.89. The van der Waals surface area contributed by atoms with Crippen molar-refractivity contribution < 1.29 is 68.1 Å². The lowest BCUT2D eigenvalue weighted by atomic mass is 9.89. The molecule has 0 aliphatic rings. The van der Waals surface area contributed by atoms with E-state index < -0.39 is 88.2 Å². The number of carbonyl (C=O) groups excluding carboxylic acids is 3. The highest BCUT2D eigenvalue weighted by atomic mass is 35.5. The second-order valence-electron chi connectivity index (χ2n) is 9.01. The Labute approximate surface area is 245 Å². The van der Waals surface area contributed by atoms with Crippen LogP contribution in [0.15, 0.2) is 48.5 Å². The number of amides is 1. The van der Waals surface area contributed by atoms with Crippen LogP contribution in [-0.4, -0.2) is 36.6 Å². The summed E-state index contributed by atoms with van der Waals surface area (Å²) in [5, 5.41) is 12.7. The van der Waals surface area contributed by atoms with E-state index in [4.69, 9.17) is 11.6 Å². The van der Waals surface area contributed by atoms with Crippen LogP contribution in [0, 0.1) is 12.7 Å². The molecule has 3 aromatic rings. The lowest BCUT2D eigenvalue weighted by Gasteiger charge is -2.31. The van der Waals surface area contributed by atoms with E-state index in [-0.39, 0.29) is 28.3 Å². The first kappa shape index (κ1) is 34.2. The minimum Gasteiger partial charge on any atom is -0.545 e. The zero-order chi connectivity index (χ0) is 33.4. The number of aryl methyl sites for hydroxylation is 1. The highest BCUT2D eigenvalue weighted by Crippen LogP contribution is 2.54. The Hall–Kier alpha value is -4.34. The molecule has 0 atom stereocenters. The number of carboxylic acid groups (broad SMARTS) is 1. The Morgan fingerprint density at radius 3 is 2.07 bits per heavy atom. The smallest absolute Gasteiger partial charge is 0.435 e. The Kier molecular flexibility index (Phi) is 9.58.